The number of carbonyl (C=O) groups is 1. The van der Waals surface area contributed by atoms with Gasteiger partial charge in [-0.15, -0.1) is 0 Å². The van der Waals surface area contributed by atoms with Gasteiger partial charge in [-0.05, 0) is 27.2 Å². The molecule has 20 heavy (non-hydrogen) atoms. The van der Waals surface area contributed by atoms with Gasteiger partial charge >= 0.3 is 5.97 Å². The first-order chi connectivity index (χ1) is 9.52. The van der Waals surface area contributed by atoms with Crippen molar-refractivity contribution in [2.24, 2.45) is 0 Å². The normalized spacial score (nSPS) is 12.4. The molecule has 0 amide bonds. The number of aromatic nitrogens is 2. The van der Waals surface area contributed by atoms with Crippen molar-refractivity contribution >= 4 is 11.8 Å². The van der Waals surface area contributed by atoms with Crippen molar-refractivity contribution in [1.29, 1.82) is 0 Å². The van der Waals surface area contributed by atoms with E-state index in [2.05, 4.69) is 18.8 Å². The average Bonchev–Trinajstić information content (AvgIpc) is 2.70. The van der Waals surface area contributed by atoms with Crippen molar-refractivity contribution in [3.63, 3.8) is 0 Å². The van der Waals surface area contributed by atoms with E-state index in [1.165, 1.54) is 25.7 Å². The van der Waals surface area contributed by atoms with Crippen molar-refractivity contribution in [2.75, 3.05) is 12.3 Å². The van der Waals surface area contributed by atoms with Gasteiger partial charge in [-0.25, -0.2) is 9.78 Å². The Morgan fingerprint density at radius 3 is 2.65 bits per heavy atom. The fraction of sp³-hybridized carbons (Fsp3) is 0.733. The number of unbranched alkanes of at least 4 members (excludes halogenated alkanes) is 3. The molecule has 5 heteroatoms. The van der Waals surface area contributed by atoms with E-state index in [1.807, 2.05) is 11.5 Å². The Balaban J connectivity index is 2.77. The van der Waals surface area contributed by atoms with E-state index in [4.69, 9.17) is 10.5 Å². The van der Waals surface area contributed by atoms with Crippen LogP contribution in [0.1, 0.15) is 75.2 Å². The van der Waals surface area contributed by atoms with Gasteiger partial charge in [-0.3, -0.25) is 0 Å². The third kappa shape index (κ3) is 3.99. The zero-order chi connectivity index (χ0) is 15.1. The molecule has 0 fully saturated rings. The summed E-state index contributed by atoms with van der Waals surface area (Å²) in [6.07, 6.45) is 5.94. The smallest absolute Gasteiger partial charge is 0.360 e. The van der Waals surface area contributed by atoms with Crippen LogP contribution in [-0.4, -0.2) is 22.1 Å². The van der Waals surface area contributed by atoms with E-state index >= 15 is 0 Å². The molecule has 0 aliphatic heterocycles. The van der Waals surface area contributed by atoms with E-state index < -0.39 is 5.97 Å². The number of aryl methyl sites for hydroxylation is 1. The molecule has 0 aromatic carbocycles. The molecule has 1 atom stereocenters. The first kappa shape index (κ1) is 16.5. The second kappa shape index (κ2) is 7.92. The van der Waals surface area contributed by atoms with Crippen LogP contribution in [0.25, 0.3) is 0 Å². The average molecular weight is 281 g/mol. The highest BCUT2D eigenvalue weighted by atomic mass is 16.5. The Hall–Kier alpha value is -1.52. The standard InChI is InChI=1S/C15H27N3O2/c1-5-7-8-9-10-11(3)18-12(4)17-13(14(18)16)15(19)20-6-2/h11H,5-10,16H2,1-4H3. The third-order valence-electron chi connectivity index (χ3n) is 3.51. The quantitative estimate of drug-likeness (QED) is 0.585. The molecule has 0 bridgehead atoms. The second-order valence-corrected chi connectivity index (χ2v) is 5.18. The highest BCUT2D eigenvalue weighted by Crippen LogP contribution is 2.24. The molecule has 114 valence electrons. The predicted octanol–water partition coefficient (Wildman–Crippen LogP) is 3.48. The summed E-state index contributed by atoms with van der Waals surface area (Å²) in [5.74, 6) is 0.752. The van der Waals surface area contributed by atoms with Gasteiger partial charge in [-0.1, -0.05) is 32.6 Å². The molecule has 5 nitrogen and oxygen atoms in total. The van der Waals surface area contributed by atoms with Crippen molar-refractivity contribution in [2.45, 2.75) is 65.8 Å². The molecule has 1 heterocycles. The van der Waals surface area contributed by atoms with E-state index in [1.54, 1.807) is 6.92 Å². The van der Waals surface area contributed by atoms with E-state index in [-0.39, 0.29) is 11.7 Å². The summed E-state index contributed by atoms with van der Waals surface area (Å²) < 4.78 is 6.92. The highest BCUT2D eigenvalue weighted by molar-refractivity contribution is 5.92. The first-order valence-corrected chi connectivity index (χ1v) is 7.54. The summed E-state index contributed by atoms with van der Waals surface area (Å²) in [5.41, 5.74) is 6.31. The number of rotatable bonds is 8. The Labute approximate surface area is 121 Å². The number of imidazole rings is 1. The number of carbonyl (C=O) groups excluding carboxylic acids is 1. The summed E-state index contributed by atoms with van der Waals surface area (Å²) in [6, 6.07) is 0.252. The Morgan fingerprint density at radius 1 is 1.35 bits per heavy atom. The topological polar surface area (TPSA) is 70.1 Å². The van der Waals surface area contributed by atoms with Gasteiger partial charge in [0.2, 0.25) is 0 Å². The lowest BCUT2D eigenvalue weighted by molar-refractivity contribution is 0.0521. The lowest BCUT2D eigenvalue weighted by atomic mass is 10.1. The molecule has 2 N–H and O–H groups in total. The molecule has 0 aliphatic rings. The number of nitrogens with two attached hydrogens (primary N) is 1. The number of esters is 1. The predicted molar refractivity (Wildman–Crippen MR) is 80.8 cm³/mol. The molecule has 1 aromatic rings. The van der Waals surface area contributed by atoms with Crippen molar-refractivity contribution in [3.05, 3.63) is 11.5 Å². The van der Waals surface area contributed by atoms with Crippen molar-refractivity contribution < 1.29 is 9.53 Å². The number of nitrogens with zero attached hydrogens (tertiary/aromatic N) is 2. The van der Waals surface area contributed by atoms with E-state index in [0.717, 1.165) is 12.2 Å². The third-order valence-corrected chi connectivity index (χ3v) is 3.51. The Bertz CT molecular complexity index is 441. The Kier molecular flexibility index (Phi) is 6.55. The number of ether oxygens (including phenoxy) is 1. The van der Waals surface area contributed by atoms with Crippen LogP contribution in [0.4, 0.5) is 5.82 Å². The number of nitrogen functional groups attached to an aromatic ring is 1. The molecule has 1 aromatic heterocycles. The van der Waals surface area contributed by atoms with Crippen LogP contribution in [0.5, 0.6) is 0 Å². The fourth-order valence-corrected chi connectivity index (χ4v) is 2.46. The number of hydrogen-bond acceptors (Lipinski definition) is 4. The number of anilines is 1. The lowest BCUT2D eigenvalue weighted by Crippen LogP contribution is -2.13. The lowest BCUT2D eigenvalue weighted by Gasteiger charge is -2.16. The van der Waals surface area contributed by atoms with E-state index in [0.29, 0.717) is 12.4 Å². The van der Waals surface area contributed by atoms with Gasteiger partial charge in [0.25, 0.3) is 0 Å². The van der Waals surface area contributed by atoms with Crippen molar-refractivity contribution in [1.82, 2.24) is 9.55 Å². The molecule has 0 saturated heterocycles. The second-order valence-electron chi connectivity index (χ2n) is 5.18. The van der Waals surface area contributed by atoms with Gasteiger partial charge in [0.15, 0.2) is 5.69 Å². The van der Waals surface area contributed by atoms with Crippen LogP contribution in [-0.2, 0) is 4.74 Å². The zero-order valence-corrected chi connectivity index (χ0v) is 13.1. The molecule has 0 saturated carbocycles. The number of hydrogen-bond donors (Lipinski definition) is 1. The van der Waals surface area contributed by atoms with Crippen LogP contribution in [0.3, 0.4) is 0 Å². The van der Waals surface area contributed by atoms with Crippen LogP contribution < -0.4 is 5.73 Å². The van der Waals surface area contributed by atoms with Crippen LogP contribution in [0.15, 0.2) is 0 Å². The highest BCUT2D eigenvalue weighted by Gasteiger charge is 2.22. The summed E-state index contributed by atoms with van der Waals surface area (Å²) in [7, 11) is 0. The Morgan fingerprint density at radius 2 is 2.05 bits per heavy atom. The van der Waals surface area contributed by atoms with Gasteiger partial charge in [0.05, 0.1) is 6.61 Å². The van der Waals surface area contributed by atoms with Gasteiger partial charge < -0.3 is 15.0 Å². The molecule has 0 aliphatic carbocycles. The maximum atomic E-state index is 11.8. The molecule has 0 spiro atoms. The minimum absolute atomic E-state index is 0.241. The summed E-state index contributed by atoms with van der Waals surface area (Å²) in [5, 5.41) is 0. The first-order valence-electron chi connectivity index (χ1n) is 7.54. The zero-order valence-electron chi connectivity index (χ0n) is 13.1. The molecule has 1 unspecified atom stereocenters. The summed E-state index contributed by atoms with van der Waals surface area (Å²) in [4.78, 5) is 16.0. The van der Waals surface area contributed by atoms with Gasteiger partial charge in [0.1, 0.15) is 11.6 Å². The summed E-state index contributed by atoms with van der Waals surface area (Å²) in [6.45, 7) is 8.30. The minimum atomic E-state index is -0.440. The van der Waals surface area contributed by atoms with Crippen LogP contribution in [0.2, 0.25) is 0 Å². The van der Waals surface area contributed by atoms with Crippen LogP contribution >= 0.6 is 0 Å². The summed E-state index contributed by atoms with van der Waals surface area (Å²) >= 11 is 0. The van der Waals surface area contributed by atoms with Gasteiger partial charge in [0, 0.05) is 6.04 Å². The maximum absolute atomic E-state index is 11.8. The molecule has 1 rings (SSSR count). The van der Waals surface area contributed by atoms with E-state index in [9.17, 15) is 4.79 Å². The molecule has 0 radical (unpaired) electrons. The monoisotopic (exact) mass is 281 g/mol. The van der Waals surface area contributed by atoms with Crippen molar-refractivity contribution in [3.8, 4) is 0 Å². The van der Waals surface area contributed by atoms with Crippen LogP contribution in [0, 0.1) is 6.92 Å². The maximum Gasteiger partial charge on any atom is 0.360 e. The largest absolute Gasteiger partial charge is 0.461 e. The molecular weight excluding hydrogens is 254 g/mol. The molecular formula is C15H27N3O2. The van der Waals surface area contributed by atoms with Gasteiger partial charge in [-0.2, -0.15) is 0 Å². The fourth-order valence-electron chi connectivity index (χ4n) is 2.46. The minimum Gasteiger partial charge on any atom is -0.461 e. The SMILES string of the molecule is CCCCCCC(C)n1c(C)nc(C(=O)OCC)c1N.